The number of hydrogen-bond acceptors (Lipinski definition) is 4. The van der Waals surface area contributed by atoms with E-state index in [0.717, 1.165) is 35.3 Å². The Bertz CT molecular complexity index is 657. The van der Waals surface area contributed by atoms with Gasteiger partial charge < -0.3 is 19.8 Å². The van der Waals surface area contributed by atoms with Crippen molar-refractivity contribution < 1.29 is 13.9 Å². The highest BCUT2D eigenvalue weighted by Gasteiger charge is 2.23. The van der Waals surface area contributed by atoms with Gasteiger partial charge in [0.05, 0.1) is 12.3 Å². The number of nitrogens with one attached hydrogen (secondary N) is 2. The van der Waals surface area contributed by atoms with Crippen molar-refractivity contribution in [2.45, 2.75) is 26.4 Å². The number of aryl methyl sites for hydroxylation is 2. The summed E-state index contributed by atoms with van der Waals surface area (Å²) in [5.74, 6) is 0.823. The van der Waals surface area contributed by atoms with E-state index in [-0.39, 0.29) is 5.91 Å². The number of anilines is 1. The Kier molecular flexibility index (Phi) is 3.94. The molecule has 2 N–H and O–H groups in total. The molecule has 1 fully saturated rings. The first kappa shape index (κ1) is 14.1. The molecule has 0 aliphatic carbocycles. The molecule has 1 saturated heterocycles. The highest BCUT2D eigenvalue weighted by Crippen LogP contribution is 2.31. The Morgan fingerprint density at radius 2 is 2.33 bits per heavy atom. The first-order valence-corrected chi connectivity index (χ1v) is 7.35. The van der Waals surface area contributed by atoms with E-state index in [2.05, 4.69) is 17.6 Å². The van der Waals surface area contributed by atoms with Crippen LogP contribution < -0.4 is 10.6 Å². The Labute approximate surface area is 123 Å². The van der Waals surface area contributed by atoms with Gasteiger partial charge >= 0.3 is 0 Å². The maximum Gasteiger partial charge on any atom is 0.254 e. The number of amides is 1. The van der Waals surface area contributed by atoms with Gasteiger partial charge in [0.15, 0.2) is 5.58 Å². The predicted molar refractivity (Wildman–Crippen MR) is 81.6 cm³/mol. The van der Waals surface area contributed by atoms with Crippen molar-refractivity contribution in [2.75, 3.05) is 25.0 Å². The van der Waals surface area contributed by atoms with E-state index in [1.807, 2.05) is 25.1 Å². The maximum atomic E-state index is 12.3. The van der Waals surface area contributed by atoms with Crippen LogP contribution in [0, 0.1) is 6.92 Å². The summed E-state index contributed by atoms with van der Waals surface area (Å²) in [4.78, 5) is 12.3. The quantitative estimate of drug-likeness (QED) is 0.909. The lowest BCUT2D eigenvalue weighted by Crippen LogP contribution is -2.45. The fourth-order valence-electron chi connectivity index (χ4n) is 2.68. The van der Waals surface area contributed by atoms with Gasteiger partial charge in [-0.15, -0.1) is 0 Å². The van der Waals surface area contributed by atoms with Gasteiger partial charge in [0, 0.05) is 24.9 Å². The van der Waals surface area contributed by atoms with Gasteiger partial charge in [0.1, 0.15) is 11.9 Å². The van der Waals surface area contributed by atoms with Crippen LogP contribution in [-0.4, -0.2) is 31.7 Å². The summed E-state index contributed by atoms with van der Waals surface area (Å²) in [6.07, 6.45) is 0.388. The first-order chi connectivity index (χ1) is 10.2. The molecule has 21 heavy (non-hydrogen) atoms. The molecule has 0 unspecified atom stereocenters. The lowest BCUT2D eigenvalue weighted by molar-refractivity contribution is -0.128. The number of fused-ring (bicyclic) bond motifs is 1. The number of carbonyl (C=O) groups excluding carboxylic acids is 1. The zero-order valence-corrected chi connectivity index (χ0v) is 12.4. The summed E-state index contributed by atoms with van der Waals surface area (Å²) in [7, 11) is 0. The minimum Gasteiger partial charge on any atom is -0.459 e. The number of para-hydroxylation sites is 1. The molecule has 1 amide bonds. The third-order valence-corrected chi connectivity index (χ3v) is 3.86. The minimum absolute atomic E-state index is 0.137. The van der Waals surface area contributed by atoms with Crippen LogP contribution in [0.1, 0.15) is 18.2 Å². The number of furan rings is 1. The number of morpholine rings is 1. The van der Waals surface area contributed by atoms with Crippen LogP contribution in [-0.2, 0) is 16.0 Å². The van der Waals surface area contributed by atoms with E-state index in [0.29, 0.717) is 18.8 Å². The molecular weight excluding hydrogens is 268 g/mol. The van der Waals surface area contributed by atoms with Crippen molar-refractivity contribution in [3.63, 3.8) is 0 Å². The second-order valence-corrected chi connectivity index (χ2v) is 5.24. The van der Waals surface area contributed by atoms with E-state index < -0.39 is 6.10 Å². The summed E-state index contributed by atoms with van der Waals surface area (Å²) >= 11 is 0. The van der Waals surface area contributed by atoms with Gasteiger partial charge in [0.2, 0.25) is 0 Å². The zero-order chi connectivity index (χ0) is 14.8. The molecule has 2 aromatic rings. The van der Waals surface area contributed by atoms with Gasteiger partial charge in [-0.05, 0) is 18.6 Å². The maximum absolute atomic E-state index is 12.3. The third kappa shape index (κ3) is 2.66. The van der Waals surface area contributed by atoms with Crippen LogP contribution in [0.4, 0.5) is 5.69 Å². The molecule has 1 atom stereocenters. The van der Waals surface area contributed by atoms with Crippen LogP contribution in [0.5, 0.6) is 0 Å². The van der Waals surface area contributed by atoms with Crippen LogP contribution in [0.2, 0.25) is 0 Å². The fourth-order valence-corrected chi connectivity index (χ4v) is 2.68. The predicted octanol–water partition coefficient (Wildman–Crippen LogP) is 2.23. The molecule has 3 rings (SSSR count). The van der Waals surface area contributed by atoms with Gasteiger partial charge in [-0.25, -0.2) is 0 Å². The average Bonchev–Trinajstić information content (AvgIpc) is 2.86. The fraction of sp³-hybridized carbons (Fsp3) is 0.438. The van der Waals surface area contributed by atoms with Crippen LogP contribution in [0.3, 0.4) is 0 Å². The van der Waals surface area contributed by atoms with Crippen molar-refractivity contribution in [2.24, 2.45) is 0 Å². The second-order valence-electron chi connectivity index (χ2n) is 5.24. The summed E-state index contributed by atoms with van der Waals surface area (Å²) in [5.41, 5.74) is 2.58. The van der Waals surface area contributed by atoms with Gasteiger partial charge in [0.25, 0.3) is 5.91 Å². The molecule has 5 heteroatoms. The van der Waals surface area contributed by atoms with E-state index >= 15 is 0 Å². The van der Waals surface area contributed by atoms with Crippen LogP contribution >= 0.6 is 0 Å². The molecule has 2 heterocycles. The summed E-state index contributed by atoms with van der Waals surface area (Å²) in [6.45, 7) is 5.99. The molecule has 0 saturated carbocycles. The molecule has 0 spiro atoms. The Morgan fingerprint density at radius 3 is 3.05 bits per heavy atom. The van der Waals surface area contributed by atoms with Gasteiger partial charge in [-0.3, -0.25) is 4.79 Å². The Balaban J connectivity index is 1.88. The molecular formula is C16H20N2O3. The number of ether oxygens (including phenoxy) is 1. The lowest BCUT2D eigenvalue weighted by Gasteiger charge is -2.22. The van der Waals surface area contributed by atoms with E-state index in [1.54, 1.807) is 0 Å². The van der Waals surface area contributed by atoms with E-state index in [4.69, 9.17) is 9.15 Å². The second kappa shape index (κ2) is 5.87. The number of carbonyl (C=O) groups is 1. The van der Waals surface area contributed by atoms with Crippen LogP contribution in [0.15, 0.2) is 22.6 Å². The molecule has 0 bridgehead atoms. The molecule has 1 aromatic carbocycles. The minimum atomic E-state index is -0.448. The number of benzene rings is 1. The van der Waals surface area contributed by atoms with Crippen molar-refractivity contribution in [3.8, 4) is 0 Å². The standard InChI is InChI=1S/C16H20N2O3/c1-3-13-10(2)11-5-4-6-12(15(11)21-13)18-16(19)14-9-17-7-8-20-14/h4-6,14,17H,3,7-9H2,1-2H3,(H,18,19)/t14-/m0/s1. The van der Waals surface area contributed by atoms with Crippen molar-refractivity contribution in [1.82, 2.24) is 5.32 Å². The van der Waals surface area contributed by atoms with E-state index in [1.165, 1.54) is 0 Å². The topological polar surface area (TPSA) is 63.5 Å². The normalized spacial score (nSPS) is 18.9. The van der Waals surface area contributed by atoms with Crippen molar-refractivity contribution in [3.05, 3.63) is 29.5 Å². The van der Waals surface area contributed by atoms with E-state index in [9.17, 15) is 4.79 Å². The molecule has 1 aliphatic rings. The van der Waals surface area contributed by atoms with Crippen LogP contribution in [0.25, 0.3) is 11.0 Å². The molecule has 112 valence electrons. The summed E-state index contributed by atoms with van der Waals surface area (Å²) < 4.78 is 11.4. The number of rotatable bonds is 3. The van der Waals surface area contributed by atoms with Gasteiger partial charge in [-0.1, -0.05) is 19.1 Å². The highest BCUT2D eigenvalue weighted by molar-refractivity contribution is 6.02. The Hall–Kier alpha value is -1.85. The third-order valence-electron chi connectivity index (χ3n) is 3.86. The average molecular weight is 288 g/mol. The van der Waals surface area contributed by atoms with Gasteiger partial charge in [-0.2, -0.15) is 0 Å². The monoisotopic (exact) mass is 288 g/mol. The molecule has 5 nitrogen and oxygen atoms in total. The number of hydrogen-bond donors (Lipinski definition) is 2. The summed E-state index contributed by atoms with van der Waals surface area (Å²) in [6, 6.07) is 5.81. The van der Waals surface area contributed by atoms with Crippen molar-refractivity contribution >= 4 is 22.6 Å². The first-order valence-electron chi connectivity index (χ1n) is 7.35. The highest BCUT2D eigenvalue weighted by atomic mass is 16.5. The Morgan fingerprint density at radius 1 is 1.48 bits per heavy atom. The molecule has 0 radical (unpaired) electrons. The SMILES string of the molecule is CCc1oc2c(NC(=O)[C@@H]3CNCCO3)cccc2c1C. The molecule has 1 aromatic heterocycles. The lowest BCUT2D eigenvalue weighted by atomic mass is 10.1. The molecule has 1 aliphatic heterocycles. The van der Waals surface area contributed by atoms with Crippen molar-refractivity contribution in [1.29, 1.82) is 0 Å². The largest absolute Gasteiger partial charge is 0.459 e. The summed E-state index contributed by atoms with van der Waals surface area (Å²) in [5, 5.41) is 7.12. The zero-order valence-electron chi connectivity index (χ0n) is 12.4. The smallest absolute Gasteiger partial charge is 0.254 e.